The molecule has 0 aliphatic carbocycles. The van der Waals surface area contributed by atoms with Crippen LogP contribution in [0, 0.1) is 10.1 Å². The standard InChI is InChI=1S/C21H21N3O9S/c1-13(19(25)23-14(2)21(27)28)22-20(26)16-5-9-18(10-6-16)34(31,32)33-17-7-3-15(4-8-17)11-12-24(29)30/h3-14H,1-2H3,(H,22,26)(H,23,25)(H,27,28)/b12-11+. The number of carboxylic acid groups (broad SMARTS) is 1. The van der Waals surface area contributed by atoms with Gasteiger partial charge in [-0.1, -0.05) is 12.1 Å². The van der Waals surface area contributed by atoms with E-state index in [1.54, 1.807) is 0 Å². The van der Waals surface area contributed by atoms with Gasteiger partial charge >= 0.3 is 16.1 Å². The molecule has 13 heteroatoms. The largest absolute Gasteiger partial charge is 0.480 e. The minimum atomic E-state index is -4.23. The van der Waals surface area contributed by atoms with Crippen LogP contribution in [-0.4, -0.2) is 48.3 Å². The molecule has 0 heterocycles. The zero-order valence-corrected chi connectivity index (χ0v) is 18.8. The molecule has 2 unspecified atom stereocenters. The number of hydrogen-bond donors (Lipinski definition) is 3. The highest BCUT2D eigenvalue weighted by atomic mass is 32.2. The molecule has 0 aliphatic rings. The molecule has 2 rings (SSSR count). The van der Waals surface area contributed by atoms with Crippen LogP contribution in [0.4, 0.5) is 0 Å². The fourth-order valence-electron chi connectivity index (χ4n) is 2.47. The van der Waals surface area contributed by atoms with Crippen molar-refractivity contribution in [3.63, 3.8) is 0 Å². The highest BCUT2D eigenvalue weighted by Gasteiger charge is 2.22. The number of nitrogens with zero attached hydrogens (tertiary/aromatic N) is 1. The average molecular weight is 491 g/mol. The minimum absolute atomic E-state index is 0.0181. The Morgan fingerprint density at radius 1 is 1.00 bits per heavy atom. The van der Waals surface area contributed by atoms with E-state index in [9.17, 15) is 32.9 Å². The van der Waals surface area contributed by atoms with Gasteiger partial charge in [-0.25, -0.2) is 0 Å². The van der Waals surface area contributed by atoms with Crippen LogP contribution in [0.3, 0.4) is 0 Å². The fourth-order valence-corrected chi connectivity index (χ4v) is 3.40. The van der Waals surface area contributed by atoms with Gasteiger partial charge in [0.2, 0.25) is 12.1 Å². The topological polar surface area (TPSA) is 182 Å². The summed E-state index contributed by atoms with van der Waals surface area (Å²) in [6.07, 6.45) is 1.98. The number of amides is 2. The lowest BCUT2D eigenvalue weighted by Crippen LogP contribution is -2.49. The number of carboxylic acids is 1. The third-order valence-corrected chi connectivity index (χ3v) is 5.61. The second kappa shape index (κ2) is 11.0. The maximum Gasteiger partial charge on any atom is 0.339 e. The molecule has 2 amide bonds. The van der Waals surface area contributed by atoms with Gasteiger partial charge in [0, 0.05) is 11.6 Å². The first-order valence-electron chi connectivity index (χ1n) is 9.69. The predicted octanol–water partition coefficient (Wildman–Crippen LogP) is 1.41. The molecular formula is C21H21N3O9S. The van der Waals surface area contributed by atoms with E-state index in [1.165, 1.54) is 56.3 Å². The Labute approximate surface area is 194 Å². The molecule has 180 valence electrons. The van der Waals surface area contributed by atoms with Gasteiger partial charge in [-0.15, -0.1) is 0 Å². The number of rotatable bonds is 10. The summed E-state index contributed by atoms with van der Waals surface area (Å²) >= 11 is 0. The number of aliphatic carboxylic acids is 1. The summed E-state index contributed by atoms with van der Waals surface area (Å²) in [4.78, 5) is 44.6. The third kappa shape index (κ3) is 7.41. The minimum Gasteiger partial charge on any atom is -0.480 e. The molecule has 0 radical (unpaired) electrons. The van der Waals surface area contributed by atoms with E-state index < -0.39 is 44.9 Å². The Bertz CT molecular complexity index is 1210. The second-order valence-electron chi connectivity index (χ2n) is 7.00. The van der Waals surface area contributed by atoms with Crippen LogP contribution in [0.1, 0.15) is 29.8 Å². The summed E-state index contributed by atoms with van der Waals surface area (Å²) in [6, 6.07) is 8.11. The first kappa shape index (κ1) is 26.0. The summed E-state index contributed by atoms with van der Waals surface area (Å²) < 4.78 is 30.0. The van der Waals surface area contributed by atoms with Crippen molar-refractivity contribution in [3.8, 4) is 5.75 Å². The van der Waals surface area contributed by atoms with E-state index in [-0.39, 0.29) is 16.2 Å². The number of carbonyl (C=O) groups is 3. The molecule has 2 aromatic rings. The van der Waals surface area contributed by atoms with Crippen molar-refractivity contribution < 1.29 is 37.0 Å². The predicted molar refractivity (Wildman–Crippen MR) is 119 cm³/mol. The van der Waals surface area contributed by atoms with E-state index in [1.807, 2.05) is 0 Å². The third-order valence-electron chi connectivity index (χ3n) is 4.35. The quantitative estimate of drug-likeness (QED) is 0.251. The number of carbonyl (C=O) groups excluding carboxylic acids is 2. The SMILES string of the molecule is CC(NC(=O)C(C)NC(=O)c1ccc(S(=O)(=O)Oc2ccc(/C=C/[N+](=O)[O-])cc2)cc1)C(=O)O. The highest BCUT2D eigenvalue weighted by Crippen LogP contribution is 2.20. The van der Waals surface area contributed by atoms with Crippen molar-refractivity contribution in [2.75, 3.05) is 0 Å². The molecule has 2 atom stereocenters. The second-order valence-corrected chi connectivity index (χ2v) is 8.54. The summed E-state index contributed by atoms with van der Waals surface area (Å²) in [5.74, 6) is -2.62. The molecule has 0 bridgehead atoms. The van der Waals surface area contributed by atoms with E-state index in [0.29, 0.717) is 5.56 Å². The van der Waals surface area contributed by atoms with E-state index in [4.69, 9.17) is 9.29 Å². The van der Waals surface area contributed by atoms with Crippen molar-refractivity contribution in [1.29, 1.82) is 0 Å². The highest BCUT2D eigenvalue weighted by molar-refractivity contribution is 7.87. The molecule has 2 aromatic carbocycles. The van der Waals surface area contributed by atoms with E-state index in [2.05, 4.69) is 10.6 Å². The van der Waals surface area contributed by atoms with Crippen LogP contribution >= 0.6 is 0 Å². The molecule has 0 fully saturated rings. The molecule has 3 N–H and O–H groups in total. The smallest absolute Gasteiger partial charge is 0.339 e. The Morgan fingerprint density at radius 2 is 1.59 bits per heavy atom. The summed E-state index contributed by atoms with van der Waals surface area (Å²) in [5, 5.41) is 23.8. The Kier molecular flexibility index (Phi) is 8.45. The zero-order chi connectivity index (χ0) is 25.5. The van der Waals surface area contributed by atoms with Crippen molar-refractivity contribution in [1.82, 2.24) is 10.6 Å². The monoisotopic (exact) mass is 491 g/mol. The van der Waals surface area contributed by atoms with E-state index >= 15 is 0 Å². The molecule has 34 heavy (non-hydrogen) atoms. The number of benzene rings is 2. The van der Waals surface area contributed by atoms with Crippen LogP contribution in [-0.2, 0) is 19.7 Å². The summed E-state index contributed by atoms with van der Waals surface area (Å²) in [6.45, 7) is 2.64. The molecule has 12 nitrogen and oxygen atoms in total. The maximum atomic E-state index is 12.5. The fraction of sp³-hybridized carbons (Fsp3) is 0.190. The Hall–Kier alpha value is -4.26. The van der Waals surface area contributed by atoms with Gasteiger partial charge < -0.3 is 19.9 Å². The van der Waals surface area contributed by atoms with Crippen LogP contribution < -0.4 is 14.8 Å². The first-order chi connectivity index (χ1) is 15.9. The lowest BCUT2D eigenvalue weighted by Gasteiger charge is -2.16. The van der Waals surface area contributed by atoms with Crippen molar-refractivity contribution in [3.05, 3.63) is 76.0 Å². The van der Waals surface area contributed by atoms with Crippen molar-refractivity contribution in [2.24, 2.45) is 0 Å². The Balaban J connectivity index is 2.03. The van der Waals surface area contributed by atoms with E-state index in [0.717, 1.165) is 18.3 Å². The number of nitro groups is 1. The van der Waals surface area contributed by atoms with Gasteiger partial charge in [-0.3, -0.25) is 24.5 Å². The van der Waals surface area contributed by atoms with Crippen LogP contribution in [0.5, 0.6) is 5.75 Å². The molecular weight excluding hydrogens is 470 g/mol. The number of nitrogens with one attached hydrogen (secondary N) is 2. The average Bonchev–Trinajstić information content (AvgIpc) is 2.78. The molecule has 0 saturated heterocycles. The van der Waals surface area contributed by atoms with Crippen molar-refractivity contribution >= 4 is 34.0 Å². The normalized spacial score (nSPS) is 13.0. The lowest BCUT2D eigenvalue weighted by atomic mass is 10.2. The zero-order valence-electron chi connectivity index (χ0n) is 18.0. The van der Waals surface area contributed by atoms with Gasteiger partial charge in [-0.2, -0.15) is 8.42 Å². The van der Waals surface area contributed by atoms with Gasteiger partial charge in [0.1, 0.15) is 22.7 Å². The molecule has 0 saturated carbocycles. The van der Waals surface area contributed by atoms with Gasteiger partial charge in [0.25, 0.3) is 5.91 Å². The lowest BCUT2D eigenvalue weighted by molar-refractivity contribution is -0.400. The van der Waals surface area contributed by atoms with Crippen molar-refractivity contribution in [2.45, 2.75) is 30.8 Å². The van der Waals surface area contributed by atoms with Gasteiger partial charge in [-0.05, 0) is 55.8 Å². The summed E-state index contributed by atoms with van der Waals surface area (Å²) in [5.41, 5.74) is 0.531. The van der Waals surface area contributed by atoms with Crippen LogP contribution in [0.15, 0.2) is 59.6 Å². The Morgan fingerprint density at radius 3 is 2.12 bits per heavy atom. The van der Waals surface area contributed by atoms with Crippen LogP contribution in [0.25, 0.3) is 6.08 Å². The molecule has 0 aromatic heterocycles. The number of hydrogen-bond acceptors (Lipinski definition) is 8. The first-order valence-corrected chi connectivity index (χ1v) is 11.1. The summed E-state index contributed by atoms with van der Waals surface area (Å²) in [7, 11) is -4.23. The molecule has 0 spiro atoms. The van der Waals surface area contributed by atoms with Gasteiger partial charge in [0.05, 0.1) is 4.92 Å². The van der Waals surface area contributed by atoms with Crippen LogP contribution in [0.2, 0.25) is 0 Å². The molecule has 0 aliphatic heterocycles. The van der Waals surface area contributed by atoms with Gasteiger partial charge in [0.15, 0.2) is 0 Å². The maximum absolute atomic E-state index is 12.5.